The van der Waals surface area contributed by atoms with Crippen LogP contribution < -0.4 is 11.5 Å². The number of nitrogens with zero attached hydrogens (tertiary/aromatic N) is 3. The Kier molecular flexibility index (Phi) is 6.07. The van der Waals surface area contributed by atoms with E-state index in [2.05, 4.69) is 14.9 Å². The van der Waals surface area contributed by atoms with Gasteiger partial charge in [-0.3, -0.25) is 4.98 Å². The number of anilines is 1. The number of nitrogens with two attached hydrogens (primary N) is 2. The summed E-state index contributed by atoms with van der Waals surface area (Å²) in [7, 11) is 0. The van der Waals surface area contributed by atoms with Crippen LogP contribution in [-0.4, -0.2) is 40.5 Å². The fraction of sp³-hybridized carbons (Fsp3) is 0.636. The van der Waals surface area contributed by atoms with Crippen LogP contribution in [0.3, 0.4) is 0 Å². The predicted molar refractivity (Wildman–Crippen MR) is 111 cm³/mol. The summed E-state index contributed by atoms with van der Waals surface area (Å²) in [6.07, 6.45) is 13.8. The highest BCUT2D eigenvalue weighted by molar-refractivity contribution is 5.77. The zero-order chi connectivity index (χ0) is 19.5. The van der Waals surface area contributed by atoms with E-state index >= 15 is 4.39 Å². The molecule has 0 amide bonds. The summed E-state index contributed by atoms with van der Waals surface area (Å²) in [6, 6.07) is 0.103. The van der Waals surface area contributed by atoms with Gasteiger partial charge in [0.05, 0.1) is 18.1 Å². The number of halogens is 1. The molecule has 152 valence electrons. The fourth-order valence-corrected chi connectivity index (χ4v) is 4.85. The molecule has 0 radical (unpaired) electrons. The van der Waals surface area contributed by atoms with Crippen molar-refractivity contribution in [3.63, 3.8) is 0 Å². The fourth-order valence-electron chi connectivity index (χ4n) is 4.85. The van der Waals surface area contributed by atoms with Gasteiger partial charge in [0, 0.05) is 18.2 Å². The van der Waals surface area contributed by atoms with E-state index in [9.17, 15) is 0 Å². The monoisotopic (exact) mass is 385 g/mol. The number of likely N-dealkylation sites (tertiary alicyclic amines) is 1. The van der Waals surface area contributed by atoms with Gasteiger partial charge in [-0.05, 0) is 75.4 Å². The Hall–Kier alpha value is -1.79. The first-order chi connectivity index (χ1) is 13.6. The van der Waals surface area contributed by atoms with Crippen molar-refractivity contribution in [1.82, 2.24) is 14.9 Å². The van der Waals surface area contributed by atoms with Crippen molar-refractivity contribution in [2.24, 2.45) is 17.6 Å². The van der Waals surface area contributed by atoms with Crippen molar-refractivity contribution in [3.8, 4) is 0 Å². The van der Waals surface area contributed by atoms with Crippen molar-refractivity contribution in [1.29, 1.82) is 0 Å². The minimum Gasteiger partial charge on any atom is -0.382 e. The molecular weight excluding hydrogens is 353 g/mol. The molecular formula is C22H32FN5. The van der Waals surface area contributed by atoms with Gasteiger partial charge in [0.25, 0.3) is 0 Å². The van der Waals surface area contributed by atoms with Crippen molar-refractivity contribution in [3.05, 3.63) is 35.6 Å². The third-order valence-corrected chi connectivity index (χ3v) is 6.68. The van der Waals surface area contributed by atoms with E-state index in [1.54, 1.807) is 6.20 Å². The summed E-state index contributed by atoms with van der Waals surface area (Å²) in [5.41, 5.74) is 14.1. The first-order valence-electron chi connectivity index (χ1n) is 10.8. The average molecular weight is 386 g/mol. The Morgan fingerprint density at radius 3 is 2.57 bits per heavy atom. The van der Waals surface area contributed by atoms with Gasteiger partial charge in [-0.1, -0.05) is 12.5 Å². The molecule has 2 fully saturated rings. The highest BCUT2D eigenvalue weighted by Crippen LogP contribution is 2.46. The molecule has 2 atom stereocenters. The molecule has 2 aliphatic carbocycles. The van der Waals surface area contributed by atoms with Crippen molar-refractivity contribution < 1.29 is 4.39 Å². The van der Waals surface area contributed by atoms with E-state index in [1.807, 2.05) is 6.08 Å². The van der Waals surface area contributed by atoms with E-state index in [1.165, 1.54) is 38.3 Å². The third-order valence-electron chi connectivity index (χ3n) is 6.68. The predicted octanol–water partition coefficient (Wildman–Crippen LogP) is 3.69. The minimum absolute atomic E-state index is 0.101. The second kappa shape index (κ2) is 8.70. The van der Waals surface area contributed by atoms with Crippen molar-refractivity contribution in [2.75, 3.05) is 25.4 Å². The van der Waals surface area contributed by atoms with Gasteiger partial charge in [0.1, 0.15) is 11.6 Å². The lowest BCUT2D eigenvalue weighted by Gasteiger charge is -2.37. The third kappa shape index (κ3) is 4.28. The Labute approximate surface area is 167 Å². The zero-order valence-electron chi connectivity index (χ0n) is 16.6. The molecule has 4 rings (SSSR count). The van der Waals surface area contributed by atoms with Crippen LogP contribution in [0.25, 0.3) is 5.57 Å². The second-order valence-corrected chi connectivity index (χ2v) is 8.62. The van der Waals surface area contributed by atoms with Gasteiger partial charge >= 0.3 is 0 Å². The molecule has 28 heavy (non-hydrogen) atoms. The van der Waals surface area contributed by atoms with Crippen molar-refractivity contribution in [2.45, 2.75) is 57.4 Å². The van der Waals surface area contributed by atoms with Gasteiger partial charge in [0.2, 0.25) is 0 Å². The molecule has 1 aliphatic heterocycles. The molecule has 4 N–H and O–H groups in total. The Morgan fingerprint density at radius 2 is 1.93 bits per heavy atom. The van der Waals surface area contributed by atoms with Gasteiger partial charge in [-0.2, -0.15) is 0 Å². The molecule has 1 aromatic heterocycles. The van der Waals surface area contributed by atoms with E-state index in [4.69, 9.17) is 11.5 Å². The number of rotatable bonds is 7. The molecule has 0 aromatic carbocycles. The van der Waals surface area contributed by atoms with Crippen LogP contribution in [0, 0.1) is 11.8 Å². The molecule has 3 aliphatic rings. The van der Waals surface area contributed by atoms with Crippen LogP contribution in [0.1, 0.15) is 57.1 Å². The quantitative estimate of drug-likeness (QED) is 0.748. The number of hydrogen-bond donors (Lipinski definition) is 2. The lowest BCUT2D eigenvalue weighted by Crippen LogP contribution is -2.36. The van der Waals surface area contributed by atoms with Gasteiger partial charge < -0.3 is 16.4 Å². The summed E-state index contributed by atoms with van der Waals surface area (Å²) >= 11 is 0. The SMILES string of the molecule is Nc1cnc(C2=CCC(C3CCC3)C(CCC(N)CN3CCCC3)=C2F)cn1. The smallest absolute Gasteiger partial charge is 0.141 e. The lowest BCUT2D eigenvalue weighted by atomic mass is 9.68. The molecule has 0 spiro atoms. The average Bonchev–Trinajstić information content (AvgIpc) is 3.14. The highest BCUT2D eigenvalue weighted by atomic mass is 19.1. The maximum absolute atomic E-state index is 15.6. The van der Waals surface area contributed by atoms with Gasteiger partial charge in [0.15, 0.2) is 0 Å². The van der Waals surface area contributed by atoms with Gasteiger partial charge in [-0.15, -0.1) is 0 Å². The largest absolute Gasteiger partial charge is 0.382 e. The van der Waals surface area contributed by atoms with Crippen LogP contribution in [0.15, 0.2) is 29.9 Å². The van der Waals surface area contributed by atoms with E-state index in [-0.39, 0.29) is 11.9 Å². The summed E-state index contributed by atoms with van der Waals surface area (Å²) in [5, 5.41) is 0. The normalized spacial score (nSPS) is 24.9. The Balaban J connectivity index is 1.49. The maximum atomic E-state index is 15.6. The summed E-state index contributed by atoms with van der Waals surface area (Å²) in [5.74, 6) is 1.18. The molecule has 6 heteroatoms. The summed E-state index contributed by atoms with van der Waals surface area (Å²) in [4.78, 5) is 10.8. The highest BCUT2D eigenvalue weighted by Gasteiger charge is 2.34. The van der Waals surface area contributed by atoms with Gasteiger partial charge in [-0.25, -0.2) is 9.37 Å². The minimum atomic E-state index is -0.101. The van der Waals surface area contributed by atoms with E-state index in [0.29, 0.717) is 28.9 Å². The molecule has 2 heterocycles. The molecule has 1 saturated carbocycles. The number of allylic oxidation sites excluding steroid dienone is 4. The van der Waals surface area contributed by atoms with Crippen LogP contribution in [0.2, 0.25) is 0 Å². The molecule has 1 saturated heterocycles. The first-order valence-corrected chi connectivity index (χ1v) is 10.8. The molecule has 5 nitrogen and oxygen atoms in total. The summed E-state index contributed by atoms with van der Waals surface area (Å²) < 4.78 is 15.6. The standard InChI is InChI=1S/C22H32FN5/c23-22-18(7-6-16(24)14-28-10-1-2-11-28)17(15-4-3-5-15)8-9-19(22)20-12-27-21(25)13-26-20/h9,12-13,15-17H,1-8,10-11,14,24H2,(H2,25,27). The van der Waals surface area contributed by atoms with Crippen LogP contribution in [0.4, 0.5) is 10.2 Å². The Bertz CT molecular complexity index is 732. The van der Waals surface area contributed by atoms with Crippen LogP contribution >= 0.6 is 0 Å². The number of hydrogen-bond acceptors (Lipinski definition) is 5. The molecule has 1 aromatic rings. The maximum Gasteiger partial charge on any atom is 0.141 e. The first kappa shape index (κ1) is 19.5. The number of nitrogen functional groups attached to an aromatic ring is 1. The molecule has 2 unspecified atom stereocenters. The van der Waals surface area contributed by atoms with Crippen LogP contribution in [0.5, 0.6) is 0 Å². The second-order valence-electron chi connectivity index (χ2n) is 8.62. The topological polar surface area (TPSA) is 81.1 Å². The molecule has 0 bridgehead atoms. The van der Waals surface area contributed by atoms with E-state index < -0.39 is 0 Å². The lowest BCUT2D eigenvalue weighted by molar-refractivity contribution is 0.224. The summed E-state index contributed by atoms with van der Waals surface area (Å²) in [6.45, 7) is 3.23. The number of aromatic nitrogens is 2. The van der Waals surface area contributed by atoms with Crippen LogP contribution in [-0.2, 0) is 0 Å². The zero-order valence-corrected chi connectivity index (χ0v) is 16.6. The Morgan fingerprint density at radius 1 is 1.14 bits per heavy atom. The van der Waals surface area contributed by atoms with E-state index in [0.717, 1.165) is 44.5 Å². The van der Waals surface area contributed by atoms with Crippen molar-refractivity contribution >= 4 is 11.4 Å².